The van der Waals surface area contributed by atoms with Crippen LogP contribution in [0.1, 0.15) is 47.5 Å². The summed E-state index contributed by atoms with van der Waals surface area (Å²) in [5.41, 5.74) is 1.71. The summed E-state index contributed by atoms with van der Waals surface area (Å²) in [5, 5.41) is 18.9. The van der Waals surface area contributed by atoms with E-state index in [0.717, 1.165) is 5.56 Å². The first-order valence-corrected chi connectivity index (χ1v) is 11.1. The van der Waals surface area contributed by atoms with E-state index in [2.05, 4.69) is 26.0 Å². The molecule has 0 saturated carbocycles. The Balaban J connectivity index is 1.57. The maximum absolute atomic E-state index is 13.3. The number of rotatable bonds is 11. The number of hydrogen-bond donors (Lipinski definition) is 1. The number of tetrazole rings is 1. The number of nitrogens with one attached hydrogen (secondary N) is 1. The fourth-order valence-corrected chi connectivity index (χ4v) is 3.32. The lowest BCUT2D eigenvalue weighted by Gasteiger charge is -2.19. The van der Waals surface area contributed by atoms with Crippen molar-refractivity contribution in [2.45, 2.75) is 32.5 Å². The van der Waals surface area contributed by atoms with E-state index in [0.29, 0.717) is 23.9 Å². The molecule has 2 atom stereocenters. The number of aromatic nitrogens is 5. The van der Waals surface area contributed by atoms with E-state index in [1.807, 2.05) is 42.5 Å². The van der Waals surface area contributed by atoms with Crippen LogP contribution in [0.25, 0.3) is 5.69 Å². The lowest BCUT2D eigenvalue weighted by Crippen LogP contribution is -2.34. The van der Waals surface area contributed by atoms with Crippen molar-refractivity contribution in [1.82, 2.24) is 30.7 Å². The molecule has 0 aliphatic heterocycles. The molecule has 2 aromatic heterocycles. The van der Waals surface area contributed by atoms with E-state index < -0.39 is 24.7 Å². The predicted molar refractivity (Wildman–Crippen MR) is 123 cm³/mol. The summed E-state index contributed by atoms with van der Waals surface area (Å²) >= 11 is 0. The van der Waals surface area contributed by atoms with Crippen LogP contribution in [0, 0.1) is 0 Å². The van der Waals surface area contributed by atoms with E-state index in [9.17, 15) is 9.18 Å². The highest BCUT2D eigenvalue weighted by Gasteiger charge is 2.29. The van der Waals surface area contributed by atoms with Gasteiger partial charge in [0.1, 0.15) is 25.1 Å². The van der Waals surface area contributed by atoms with Gasteiger partial charge in [-0.25, -0.2) is 9.18 Å². The fraction of sp³-hybridized carbons (Fsp3) is 0.292. The number of halogens is 1. The molecule has 0 radical (unpaired) electrons. The van der Waals surface area contributed by atoms with Gasteiger partial charge in [-0.2, -0.15) is 4.68 Å². The van der Waals surface area contributed by atoms with E-state index in [1.54, 1.807) is 26.0 Å². The molecular formula is C24H25FN6O4. The van der Waals surface area contributed by atoms with Crippen LogP contribution >= 0.6 is 0 Å². The molecule has 10 nitrogen and oxygen atoms in total. The van der Waals surface area contributed by atoms with Crippen LogP contribution in [0.2, 0.25) is 0 Å². The van der Waals surface area contributed by atoms with Crippen LogP contribution in [-0.2, 0) is 11.3 Å². The summed E-state index contributed by atoms with van der Waals surface area (Å²) in [4.78, 5) is 12.0. The molecule has 0 aliphatic rings. The number of nitrogens with zero attached hydrogens (tertiary/aromatic N) is 5. The van der Waals surface area contributed by atoms with Crippen LogP contribution in [0.4, 0.5) is 4.39 Å². The summed E-state index contributed by atoms with van der Waals surface area (Å²) in [6.45, 7) is 3.37. The first-order valence-electron chi connectivity index (χ1n) is 11.1. The summed E-state index contributed by atoms with van der Waals surface area (Å²) in [5.74, 6) is 0.634. The highest BCUT2D eigenvalue weighted by molar-refractivity contribution is 5.87. The molecule has 0 aliphatic carbocycles. The van der Waals surface area contributed by atoms with Gasteiger partial charge in [0.15, 0.2) is 17.3 Å². The Morgan fingerprint density at radius 2 is 1.94 bits per heavy atom. The van der Waals surface area contributed by atoms with Gasteiger partial charge in [0, 0.05) is 12.1 Å². The number of benzene rings is 2. The zero-order valence-electron chi connectivity index (χ0n) is 19.3. The van der Waals surface area contributed by atoms with Crippen LogP contribution in [0.5, 0.6) is 5.75 Å². The normalized spacial score (nSPS) is 12.8. The highest BCUT2D eigenvalue weighted by Crippen LogP contribution is 2.25. The van der Waals surface area contributed by atoms with Gasteiger partial charge < -0.3 is 14.0 Å². The van der Waals surface area contributed by atoms with Crippen molar-refractivity contribution in [3.05, 3.63) is 83.5 Å². The van der Waals surface area contributed by atoms with Crippen molar-refractivity contribution in [1.29, 1.82) is 0 Å². The average Bonchev–Trinajstić information content (AvgIpc) is 3.58. The number of hydrogen-bond acceptors (Lipinski definition) is 9. The average molecular weight is 481 g/mol. The van der Waals surface area contributed by atoms with Crippen molar-refractivity contribution < 1.29 is 23.2 Å². The van der Waals surface area contributed by atoms with E-state index in [4.69, 9.17) is 14.0 Å². The van der Waals surface area contributed by atoms with Crippen LogP contribution in [0.3, 0.4) is 0 Å². The van der Waals surface area contributed by atoms with Crippen LogP contribution < -0.4 is 10.1 Å². The topological polar surface area (TPSA) is 117 Å². The lowest BCUT2D eigenvalue weighted by molar-refractivity contribution is 0.0514. The van der Waals surface area contributed by atoms with Gasteiger partial charge in [-0.05, 0) is 54.1 Å². The minimum absolute atomic E-state index is 0.000457. The number of ether oxygens (including phenoxy) is 2. The Morgan fingerprint density at radius 1 is 1.17 bits per heavy atom. The first kappa shape index (κ1) is 24.0. The van der Waals surface area contributed by atoms with Crippen molar-refractivity contribution in [2.75, 3.05) is 13.3 Å². The Bertz CT molecular complexity index is 1230. The monoisotopic (exact) mass is 480 g/mol. The van der Waals surface area contributed by atoms with Gasteiger partial charge >= 0.3 is 5.97 Å². The fourth-order valence-electron chi connectivity index (χ4n) is 3.32. The number of carbonyl (C=O) groups excluding carboxylic acids is 1. The second-order valence-corrected chi connectivity index (χ2v) is 7.71. The summed E-state index contributed by atoms with van der Waals surface area (Å²) < 4.78 is 31.0. The Morgan fingerprint density at radius 3 is 2.66 bits per heavy atom. The molecule has 0 saturated heterocycles. The molecule has 0 fully saturated rings. The number of esters is 1. The maximum Gasteiger partial charge on any atom is 0.360 e. The zero-order chi connectivity index (χ0) is 24.6. The van der Waals surface area contributed by atoms with E-state index >= 15 is 0 Å². The largest absolute Gasteiger partial charge is 0.489 e. The second kappa shape index (κ2) is 11.3. The Kier molecular flexibility index (Phi) is 7.78. The standard InChI is InChI=1S/C24H25FN6O4/c1-3-33-24(32)20-13-21(35-28-20)22(26-16(2)14-25)23-27-29-30-31(23)18-9-11-19(12-10-18)34-15-17-7-5-4-6-8-17/h4-13,16,22,26H,3,14-15H2,1-2H3/t16-,22?/m0/s1. The lowest BCUT2D eigenvalue weighted by atomic mass is 10.1. The third kappa shape index (κ3) is 5.87. The minimum Gasteiger partial charge on any atom is -0.489 e. The highest BCUT2D eigenvalue weighted by atomic mass is 19.1. The second-order valence-electron chi connectivity index (χ2n) is 7.71. The zero-order valence-corrected chi connectivity index (χ0v) is 19.3. The van der Waals surface area contributed by atoms with Gasteiger partial charge in [0.05, 0.1) is 12.3 Å². The number of alkyl halides is 1. The van der Waals surface area contributed by atoms with Crippen molar-refractivity contribution in [2.24, 2.45) is 0 Å². The molecule has 4 aromatic rings. The SMILES string of the molecule is CCOC(=O)c1cc(C(N[C@@H](C)CF)c2nnnn2-c2ccc(OCc3ccccc3)cc2)on1. The molecule has 0 spiro atoms. The molecular weight excluding hydrogens is 455 g/mol. The van der Waals surface area contributed by atoms with Gasteiger partial charge in [-0.3, -0.25) is 5.32 Å². The number of carbonyl (C=O) groups is 1. The summed E-state index contributed by atoms with van der Waals surface area (Å²) in [6, 6.07) is 17.2. The molecule has 1 unspecified atom stereocenters. The van der Waals surface area contributed by atoms with Gasteiger partial charge in [0.25, 0.3) is 0 Å². The molecule has 35 heavy (non-hydrogen) atoms. The van der Waals surface area contributed by atoms with Gasteiger partial charge in [0.2, 0.25) is 0 Å². The van der Waals surface area contributed by atoms with Crippen molar-refractivity contribution >= 4 is 5.97 Å². The first-order chi connectivity index (χ1) is 17.1. The van der Waals surface area contributed by atoms with Gasteiger partial charge in [-0.15, -0.1) is 5.10 Å². The van der Waals surface area contributed by atoms with Crippen molar-refractivity contribution in [3.8, 4) is 11.4 Å². The Hall–Kier alpha value is -4.12. The van der Waals surface area contributed by atoms with Crippen molar-refractivity contribution in [3.63, 3.8) is 0 Å². The van der Waals surface area contributed by atoms with Crippen LogP contribution in [0.15, 0.2) is 65.2 Å². The third-order valence-corrected chi connectivity index (χ3v) is 5.06. The molecule has 182 valence electrons. The maximum atomic E-state index is 13.3. The molecule has 4 rings (SSSR count). The smallest absolute Gasteiger partial charge is 0.360 e. The van der Waals surface area contributed by atoms with Gasteiger partial charge in [-0.1, -0.05) is 35.5 Å². The molecule has 0 bridgehead atoms. The molecule has 11 heteroatoms. The van der Waals surface area contributed by atoms with E-state index in [-0.39, 0.29) is 18.1 Å². The summed E-state index contributed by atoms with van der Waals surface area (Å²) in [6.07, 6.45) is 0. The van der Waals surface area contributed by atoms with E-state index in [1.165, 1.54) is 10.7 Å². The minimum atomic E-state index is -0.777. The molecule has 0 amide bonds. The molecule has 1 N–H and O–H groups in total. The Labute approximate surface area is 201 Å². The molecule has 2 heterocycles. The predicted octanol–water partition coefficient (Wildman–Crippen LogP) is 3.44. The third-order valence-electron chi connectivity index (χ3n) is 5.06. The molecule has 2 aromatic carbocycles. The van der Waals surface area contributed by atoms with Crippen LogP contribution in [-0.4, -0.2) is 50.7 Å². The summed E-state index contributed by atoms with van der Waals surface area (Å²) in [7, 11) is 0. The quantitative estimate of drug-likeness (QED) is 0.322.